The largest absolute Gasteiger partial charge is 0.416 e. The van der Waals surface area contributed by atoms with Crippen molar-refractivity contribution in [2.24, 2.45) is 0 Å². The number of pyridine rings is 1. The lowest BCUT2D eigenvalue weighted by atomic mass is 10.00. The molecule has 0 unspecified atom stereocenters. The lowest BCUT2D eigenvalue weighted by Gasteiger charge is -2.39. The number of methoxy groups -OCH3 is 1. The average Bonchev–Trinajstić information content (AvgIpc) is 3.16. The maximum atomic E-state index is 14.9. The number of rotatable bonds is 12. The Labute approximate surface area is 312 Å². The second kappa shape index (κ2) is 16.4. The van der Waals surface area contributed by atoms with Gasteiger partial charge in [-0.2, -0.15) is 13.2 Å². The zero-order valence-electron chi connectivity index (χ0n) is 34.6. The van der Waals surface area contributed by atoms with Gasteiger partial charge in [0.05, 0.1) is 32.3 Å². The van der Waals surface area contributed by atoms with Crippen LogP contribution in [0, 0.1) is 11.6 Å². The number of hydrogen-bond acceptors (Lipinski definition) is 5. The minimum Gasteiger partial charge on any atom is -0.383 e. The minimum absolute atomic E-state index is 0.0251. The molecule has 6 rings (SSSR count). The van der Waals surface area contributed by atoms with Crippen molar-refractivity contribution in [3.8, 4) is 11.1 Å². The SMILES string of the molecule is [2H]C([2H])([2H])OC([2H])([2H])CN1CCC(N(Cc2ccc(-c3ccc(C(F)(F)F)cc3)cc2)C(=O)C([2H])([2H])n2c(SCc3cccc(F)c3F)cc(=O)c3ccccc32)CC1. The molecule has 0 atom stereocenters. The van der Waals surface area contributed by atoms with Gasteiger partial charge in [0, 0.05) is 62.0 Å². The quantitative estimate of drug-likeness (QED) is 0.0950. The molecule has 2 heterocycles. The van der Waals surface area contributed by atoms with E-state index in [1.54, 1.807) is 41.3 Å². The Balaban J connectivity index is 1.34. The molecule has 52 heavy (non-hydrogen) atoms. The number of ether oxygens (including phenoxy) is 1. The summed E-state index contributed by atoms with van der Waals surface area (Å²) in [5.41, 5.74) is 0.401. The van der Waals surface area contributed by atoms with E-state index in [4.69, 9.17) is 6.85 Å². The van der Waals surface area contributed by atoms with E-state index in [9.17, 15) is 34.3 Å². The predicted molar refractivity (Wildman–Crippen MR) is 193 cm³/mol. The number of amides is 1. The smallest absolute Gasteiger partial charge is 0.383 e. The fraction of sp³-hybridized carbons (Fsp3) is 0.300. The summed E-state index contributed by atoms with van der Waals surface area (Å²) in [4.78, 5) is 31.2. The molecule has 1 aromatic heterocycles. The van der Waals surface area contributed by atoms with E-state index in [-0.39, 0.29) is 66.3 Å². The van der Waals surface area contributed by atoms with Crippen molar-refractivity contribution in [3.05, 3.63) is 136 Å². The summed E-state index contributed by atoms with van der Waals surface area (Å²) in [6, 6.07) is 21.6. The van der Waals surface area contributed by atoms with Crippen LogP contribution in [0.2, 0.25) is 0 Å². The van der Waals surface area contributed by atoms with Gasteiger partial charge in [0.15, 0.2) is 17.1 Å². The first-order valence-electron chi connectivity index (χ1n) is 19.8. The van der Waals surface area contributed by atoms with E-state index in [1.165, 1.54) is 41.3 Å². The van der Waals surface area contributed by atoms with Crippen LogP contribution in [0.4, 0.5) is 22.0 Å². The Hall–Kier alpha value is -4.52. The summed E-state index contributed by atoms with van der Waals surface area (Å²) in [5, 5.41) is 0.0839. The fourth-order valence-corrected chi connectivity index (χ4v) is 7.16. The van der Waals surface area contributed by atoms with E-state index in [2.05, 4.69) is 4.74 Å². The second-order valence-electron chi connectivity index (χ2n) is 12.3. The second-order valence-corrected chi connectivity index (χ2v) is 13.3. The molecule has 0 N–H and O–H groups in total. The average molecular weight is 743 g/mol. The first-order chi connectivity index (χ1) is 27.6. The summed E-state index contributed by atoms with van der Waals surface area (Å²) in [6.07, 6.45) is -4.06. The van der Waals surface area contributed by atoms with Crippen LogP contribution in [0.1, 0.15) is 39.1 Å². The summed E-state index contributed by atoms with van der Waals surface area (Å²) >= 11 is 0.848. The van der Waals surface area contributed by atoms with Gasteiger partial charge in [-0.05, 0) is 59.9 Å². The number of carbonyl (C=O) groups is 1. The number of thioether (sulfide) groups is 1. The fourth-order valence-electron chi connectivity index (χ4n) is 6.17. The molecule has 1 aliphatic heterocycles. The van der Waals surface area contributed by atoms with Crippen LogP contribution >= 0.6 is 11.8 Å². The highest BCUT2D eigenvalue weighted by Crippen LogP contribution is 2.32. The first kappa shape index (κ1) is 29.0. The number of fused-ring (bicyclic) bond motifs is 1. The number of hydrogen-bond donors (Lipinski definition) is 0. The van der Waals surface area contributed by atoms with Crippen LogP contribution in [-0.2, 0) is 34.5 Å². The number of halogens is 5. The van der Waals surface area contributed by atoms with Crippen LogP contribution in [0.25, 0.3) is 22.0 Å². The van der Waals surface area contributed by atoms with E-state index in [0.29, 0.717) is 16.7 Å². The van der Waals surface area contributed by atoms with Crippen LogP contribution in [0.3, 0.4) is 0 Å². The third-order valence-corrected chi connectivity index (χ3v) is 10.0. The highest BCUT2D eigenvalue weighted by Gasteiger charge is 2.31. The standard InChI is InChI=1S/C40H38F5N3O3S/c1-51-22-21-46-19-17-32(18-20-46)47(24-27-9-11-28(12-10-27)29-13-15-31(16-14-29)40(43,44)45)37(50)25-48-35-8-3-2-6-33(35)36(49)23-38(48)52-26-30-5-4-7-34(41)39(30)42/h2-16,23,32H,17-22,24-26H2,1H3/i1D3,22D2,25D2. The molecule has 0 radical (unpaired) electrons. The summed E-state index contributed by atoms with van der Waals surface area (Å²) in [6.45, 7) is -5.54. The maximum absolute atomic E-state index is 14.9. The molecule has 12 heteroatoms. The Morgan fingerprint density at radius 3 is 2.35 bits per heavy atom. The van der Waals surface area contributed by atoms with Crippen molar-refractivity contribution in [1.29, 1.82) is 0 Å². The van der Waals surface area contributed by atoms with E-state index in [0.717, 1.165) is 40.6 Å². The van der Waals surface area contributed by atoms with Gasteiger partial charge in [-0.25, -0.2) is 8.78 Å². The molecule has 1 amide bonds. The Bertz CT molecular complexity index is 2350. The van der Waals surface area contributed by atoms with Gasteiger partial charge < -0.3 is 19.1 Å². The number of piperidine rings is 1. The molecule has 272 valence electrons. The van der Waals surface area contributed by atoms with Crippen molar-refractivity contribution >= 4 is 28.6 Å². The summed E-state index contributed by atoms with van der Waals surface area (Å²) in [5.74, 6) is -3.40. The Kier molecular flexibility index (Phi) is 9.16. The molecule has 0 spiro atoms. The Morgan fingerprint density at radius 1 is 0.962 bits per heavy atom. The van der Waals surface area contributed by atoms with Crippen molar-refractivity contribution < 1.29 is 41.1 Å². The monoisotopic (exact) mass is 742 g/mol. The minimum atomic E-state index is -4.50. The van der Waals surface area contributed by atoms with Crippen molar-refractivity contribution in [2.45, 2.75) is 48.9 Å². The number of carbonyl (C=O) groups excluding carboxylic acids is 1. The number of para-hydroxylation sites is 1. The summed E-state index contributed by atoms with van der Waals surface area (Å²) < 4.78 is 131. The van der Waals surface area contributed by atoms with E-state index >= 15 is 0 Å². The molecule has 1 saturated heterocycles. The van der Waals surface area contributed by atoms with Crippen LogP contribution < -0.4 is 5.43 Å². The Morgan fingerprint density at radius 2 is 1.65 bits per heavy atom. The van der Waals surface area contributed by atoms with Crippen molar-refractivity contribution in [3.63, 3.8) is 0 Å². The molecular weight excluding hydrogens is 698 g/mol. The molecule has 1 fully saturated rings. The maximum Gasteiger partial charge on any atom is 0.416 e. The van der Waals surface area contributed by atoms with Gasteiger partial charge in [-0.15, -0.1) is 11.8 Å². The van der Waals surface area contributed by atoms with Gasteiger partial charge in [-0.3, -0.25) is 9.59 Å². The molecule has 0 bridgehead atoms. The number of nitrogens with zero attached hydrogens (tertiary/aromatic N) is 3. The molecule has 0 aliphatic carbocycles. The number of likely N-dealkylation sites (tertiary alicyclic amines) is 1. The third kappa shape index (κ3) is 8.74. The number of alkyl halides is 3. The molecule has 6 nitrogen and oxygen atoms in total. The van der Waals surface area contributed by atoms with E-state index in [1.807, 2.05) is 0 Å². The normalized spacial score (nSPS) is 17.0. The van der Waals surface area contributed by atoms with Crippen LogP contribution in [-0.4, -0.2) is 59.5 Å². The highest BCUT2D eigenvalue weighted by atomic mass is 32.2. The van der Waals surface area contributed by atoms with E-state index < -0.39 is 60.8 Å². The van der Waals surface area contributed by atoms with Gasteiger partial charge in [0.25, 0.3) is 0 Å². The predicted octanol–water partition coefficient (Wildman–Crippen LogP) is 8.40. The van der Waals surface area contributed by atoms with Crippen molar-refractivity contribution in [2.75, 3.05) is 33.2 Å². The van der Waals surface area contributed by atoms with Gasteiger partial charge in [0.1, 0.15) is 6.50 Å². The third-order valence-electron chi connectivity index (χ3n) is 8.97. The van der Waals surface area contributed by atoms with Gasteiger partial charge in [0.2, 0.25) is 5.91 Å². The van der Waals surface area contributed by atoms with Gasteiger partial charge >= 0.3 is 6.18 Å². The zero-order chi connectivity index (χ0) is 42.9. The molecule has 5 aromatic rings. The number of benzene rings is 4. The lowest BCUT2D eigenvalue weighted by Crippen LogP contribution is -2.48. The first-order valence-corrected chi connectivity index (χ1v) is 17.3. The van der Waals surface area contributed by atoms with Crippen LogP contribution in [0.15, 0.2) is 107 Å². The molecule has 0 saturated carbocycles. The number of aromatic nitrogens is 1. The van der Waals surface area contributed by atoms with Crippen molar-refractivity contribution in [1.82, 2.24) is 14.4 Å². The molecular formula is C40H38F5N3O3S. The lowest BCUT2D eigenvalue weighted by molar-refractivity contribution is -0.137. The van der Waals surface area contributed by atoms with Gasteiger partial charge in [-0.1, -0.05) is 60.7 Å². The molecule has 1 aliphatic rings. The van der Waals surface area contributed by atoms with Crippen LogP contribution in [0.5, 0.6) is 0 Å². The topological polar surface area (TPSA) is 54.8 Å². The highest BCUT2D eigenvalue weighted by molar-refractivity contribution is 7.98. The zero-order valence-corrected chi connectivity index (χ0v) is 28.4. The molecule has 4 aromatic carbocycles. The summed E-state index contributed by atoms with van der Waals surface area (Å²) in [7, 11) is -2.98.